The van der Waals surface area contributed by atoms with Crippen molar-refractivity contribution in [2.75, 3.05) is 0 Å². The topological polar surface area (TPSA) is 0 Å². The van der Waals surface area contributed by atoms with Crippen LogP contribution < -0.4 is 0 Å². The summed E-state index contributed by atoms with van der Waals surface area (Å²) in [7, 11) is 0. The number of benzene rings is 1. The van der Waals surface area contributed by atoms with Crippen molar-refractivity contribution in [1.82, 2.24) is 0 Å². The molecular weight excluding hydrogens is 204 g/mol. The number of halogens is 1. The van der Waals surface area contributed by atoms with E-state index in [1.165, 1.54) is 16.7 Å². The summed E-state index contributed by atoms with van der Waals surface area (Å²) in [5.74, 6) is 0.532. The summed E-state index contributed by atoms with van der Waals surface area (Å²) >= 11 is 6.27. The highest BCUT2D eigenvalue weighted by Gasteiger charge is 2.17. The first-order valence-corrected chi connectivity index (χ1v) is 5.92. The third-order valence-corrected chi connectivity index (χ3v) is 3.27. The monoisotopic (exact) mass is 224 g/mol. The standard InChI is InChI=1S/C14H21Cl/c1-9(2)12-7-11(14(4,5)6)8-13(15)10(12)3/h7-9H,1-6H3. The molecule has 0 nitrogen and oxygen atoms in total. The molecule has 1 heteroatoms. The number of hydrogen-bond donors (Lipinski definition) is 0. The van der Waals surface area contributed by atoms with Gasteiger partial charge in [0.25, 0.3) is 0 Å². The smallest absolute Gasteiger partial charge is 0.0440 e. The van der Waals surface area contributed by atoms with Crippen LogP contribution in [0, 0.1) is 6.92 Å². The molecule has 1 aromatic rings. The Bertz CT molecular complexity index is 356. The third kappa shape index (κ3) is 2.75. The first-order chi connectivity index (χ1) is 6.73. The lowest BCUT2D eigenvalue weighted by Crippen LogP contribution is -2.12. The van der Waals surface area contributed by atoms with Gasteiger partial charge in [-0.25, -0.2) is 0 Å². The lowest BCUT2D eigenvalue weighted by atomic mass is 9.83. The van der Waals surface area contributed by atoms with Crippen molar-refractivity contribution >= 4 is 11.6 Å². The highest BCUT2D eigenvalue weighted by molar-refractivity contribution is 6.31. The van der Waals surface area contributed by atoms with Crippen LogP contribution >= 0.6 is 11.6 Å². The average Bonchev–Trinajstić information content (AvgIpc) is 2.06. The maximum absolute atomic E-state index is 6.27. The van der Waals surface area contributed by atoms with Gasteiger partial charge in [0.05, 0.1) is 0 Å². The quantitative estimate of drug-likeness (QED) is 0.625. The summed E-state index contributed by atoms with van der Waals surface area (Å²) < 4.78 is 0. The van der Waals surface area contributed by atoms with Crippen LogP contribution in [0.3, 0.4) is 0 Å². The minimum atomic E-state index is 0.168. The number of hydrogen-bond acceptors (Lipinski definition) is 0. The second-order valence-corrected chi connectivity index (χ2v) is 5.98. The van der Waals surface area contributed by atoms with E-state index >= 15 is 0 Å². The zero-order valence-electron chi connectivity index (χ0n) is 10.6. The molecule has 0 aliphatic carbocycles. The van der Waals surface area contributed by atoms with Crippen LogP contribution in [0.25, 0.3) is 0 Å². The Balaban J connectivity index is 3.36. The molecule has 0 radical (unpaired) electrons. The Morgan fingerprint density at radius 2 is 1.67 bits per heavy atom. The van der Waals surface area contributed by atoms with E-state index in [9.17, 15) is 0 Å². The molecule has 0 unspecified atom stereocenters. The van der Waals surface area contributed by atoms with Crippen molar-refractivity contribution in [3.8, 4) is 0 Å². The molecular formula is C14H21Cl. The predicted molar refractivity (Wildman–Crippen MR) is 69.0 cm³/mol. The minimum Gasteiger partial charge on any atom is -0.0840 e. The van der Waals surface area contributed by atoms with Gasteiger partial charge in [-0.2, -0.15) is 0 Å². The van der Waals surface area contributed by atoms with Crippen LogP contribution in [0.4, 0.5) is 0 Å². The molecule has 0 amide bonds. The normalized spacial score (nSPS) is 12.3. The second-order valence-electron chi connectivity index (χ2n) is 5.58. The molecule has 0 aliphatic rings. The van der Waals surface area contributed by atoms with Crippen molar-refractivity contribution in [2.45, 2.75) is 52.9 Å². The lowest BCUT2D eigenvalue weighted by Gasteiger charge is -2.23. The van der Waals surface area contributed by atoms with Crippen LogP contribution in [0.15, 0.2) is 12.1 Å². The van der Waals surface area contributed by atoms with Crippen LogP contribution in [-0.4, -0.2) is 0 Å². The first-order valence-electron chi connectivity index (χ1n) is 5.54. The second kappa shape index (κ2) is 4.17. The summed E-state index contributed by atoms with van der Waals surface area (Å²) in [5.41, 5.74) is 4.08. The molecule has 1 aromatic carbocycles. The molecule has 0 heterocycles. The summed E-state index contributed by atoms with van der Waals surface area (Å²) in [6.07, 6.45) is 0. The molecule has 0 aliphatic heterocycles. The average molecular weight is 225 g/mol. The molecule has 84 valence electrons. The van der Waals surface area contributed by atoms with E-state index in [1.807, 2.05) is 0 Å². The highest BCUT2D eigenvalue weighted by Crippen LogP contribution is 2.32. The Morgan fingerprint density at radius 1 is 1.13 bits per heavy atom. The molecule has 0 aromatic heterocycles. The largest absolute Gasteiger partial charge is 0.0840 e. The van der Waals surface area contributed by atoms with Crippen molar-refractivity contribution in [3.63, 3.8) is 0 Å². The summed E-state index contributed by atoms with van der Waals surface area (Å²) in [6.45, 7) is 13.2. The predicted octanol–water partition coefficient (Wildman–Crippen LogP) is 5.07. The Morgan fingerprint density at radius 3 is 2.07 bits per heavy atom. The zero-order valence-corrected chi connectivity index (χ0v) is 11.4. The van der Waals surface area contributed by atoms with Gasteiger partial charge in [0, 0.05) is 5.02 Å². The first kappa shape index (κ1) is 12.6. The van der Waals surface area contributed by atoms with Gasteiger partial charge in [-0.3, -0.25) is 0 Å². The molecule has 15 heavy (non-hydrogen) atoms. The lowest BCUT2D eigenvalue weighted by molar-refractivity contribution is 0.588. The number of rotatable bonds is 1. The van der Waals surface area contributed by atoms with E-state index in [2.05, 4.69) is 53.7 Å². The Hall–Kier alpha value is -0.490. The fourth-order valence-corrected chi connectivity index (χ4v) is 1.96. The minimum absolute atomic E-state index is 0.168. The van der Waals surface area contributed by atoms with Gasteiger partial charge in [0.1, 0.15) is 0 Å². The molecule has 0 fully saturated rings. The van der Waals surface area contributed by atoms with Gasteiger partial charge in [0.15, 0.2) is 0 Å². The molecule has 0 saturated carbocycles. The van der Waals surface area contributed by atoms with Crippen LogP contribution in [0.2, 0.25) is 5.02 Å². The van der Waals surface area contributed by atoms with Gasteiger partial charge < -0.3 is 0 Å². The van der Waals surface area contributed by atoms with Crippen molar-refractivity contribution in [1.29, 1.82) is 0 Å². The van der Waals surface area contributed by atoms with E-state index < -0.39 is 0 Å². The van der Waals surface area contributed by atoms with Crippen LogP contribution in [-0.2, 0) is 5.41 Å². The molecule has 1 rings (SSSR count). The molecule has 0 saturated heterocycles. The fraction of sp³-hybridized carbons (Fsp3) is 0.571. The maximum atomic E-state index is 6.27. The summed E-state index contributed by atoms with van der Waals surface area (Å²) in [5, 5.41) is 0.895. The van der Waals surface area contributed by atoms with E-state index in [1.54, 1.807) is 0 Å². The molecule has 0 atom stereocenters. The fourth-order valence-electron chi connectivity index (χ4n) is 1.73. The molecule has 0 spiro atoms. The van der Waals surface area contributed by atoms with Gasteiger partial charge in [-0.15, -0.1) is 0 Å². The summed E-state index contributed by atoms with van der Waals surface area (Å²) in [4.78, 5) is 0. The van der Waals surface area contributed by atoms with Gasteiger partial charge in [-0.05, 0) is 41.0 Å². The Kier molecular flexibility index (Phi) is 3.50. The van der Waals surface area contributed by atoms with Crippen molar-refractivity contribution in [2.24, 2.45) is 0 Å². The SMILES string of the molecule is Cc1c(Cl)cc(C(C)(C)C)cc1C(C)C. The molecule has 0 N–H and O–H groups in total. The van der Waals surface area contributed by atoms with Gasteiger partial charge in [0.2, 0.25) is 0 Å². The van der Waals surface area contributed by atoms with E-state index in [0.29, 0.717) is 5.92 Å². The maximum Gasteiger partial charge on any atom is 0.0440 e. The van der Waals surface area contributed by atoms with Crippen molar-refractivity contribution < 1.29 is 0 Å². The van der Waals surface area contributed by atoms with E-state index in [-0.39, 0.29) is 5.41 Å². The van der Waals surface area contributed by atoms with Crippen LogP contribution in [0.5, 0.6) is 0 Å². The Labute approximate surface area is 98.7 Å². The third-order valence-electron chi connectivity index (χ3n) is 2.87. The van der Waals surface area contributed by atoms with Gasteiger partial charge >= 0.3 is 0 Å². The summed E-state index contributed by atoms with van der Waals surface area (Å²) in [6, 6.07) is 4.40. The van der Waals surface area contributed by atoms with Crippen LogP contribution in [0.1, 0.15) is 57.2 Å². The van der Waals surface area contributed by atoms with Gasteiger partial charge in [-0.1, -0.05) is 52.3 Å². The highest BCUT2D eigenvalue weighted by atomic mass is 35.5. The van der Waals surface area contributed by atoms with Crippen molar-refractivity contribution in [3.05, 3.63) is 33.8 Å². The van der Waals surface area contributed by atoms with E-state index in [0.717, 1.165) is 5.02 Å². The van der Waals surface area contributed by atoms with E-state index in [4.69, 9.17) is 11.6 Å². The zero-order chi connectivity index (χ0) is 11.8. The molecule has 0 bridgehead atoms.